The van der Waals surface area contributed by atoms with Gasteiger partial charge in [0.05, 0.1) is 0 Å². The van der Waals surface area contributed by atoms with Gasteiger partial charge in [0.15, 0.2) is 0 Å². The number of ether oxygens (including phenoxy) is 2. The lowest BCUT2D eigenvalue weighted by atomic mass is 10.1. The molecule has 0 aliphatic carbocycles. The fraction of sp³-hybridized carbons (Fsp3) is 0.818. The van der Waals surface area contributed by atoms with E-state index >= 15 is 0 Å². The van der Waals surface area contributed by atoms with Gasteiger partial charge in [0.25, 0.3) is 0 Å². The van der Waals surface area contributed by atoms with Crippen LogP contribution in [0.15, 0.2) is 0 Å². The van der Waals surface area contributed by atoms with Crippen LogP contribution in [0.5, 0.6) is 0 Å². The van der Waals surface area contributed by atoms with Gasteiger partial charge in [-0.05, 0) is 41.0 Å². The third kappa shape index (κ3) is 6.10. The van der Waals surface area contributed by atoms with Crippen LogP contribution in [0.2, 0.25) is 0 Å². The Morgan fingerprint density at radius 3 is 1.67 bits per heavy atom. The van der Waals surface area contributed by atoms with Crippen molar-refractivity contribution in [3.8, 4) is 0 Å². The maximum Gasteiger partial charge on any atom is 0.418 e. The molecule has 0 aromatic rings. The third-order valence-electron chi connectivity index (χ3n) is 1.79. The molecule has 0 spiro atoms. The minimum absolute atomic E-state index is 0.631. The Morgan fingerprint density at radius 2 is 1.33 bits per heavy atom. The predicted octanol–water partition coefficient (Wildman–Crippen LogP) is 2.06. The summed E-state index contributed by atoms with van der Waals surface area (Å²) >= 11 is 0. The van der Waals surface area contributed by atoms with E-state index in [0.29, 0.717) is 6.42 Å². The summed E-state index contributed by atoms with van der Waals surface area (Å²) in [5.74, 6) is -1.87. The van der Waals surface area contributed by atoms with Crippen molar-refractivity contribution < 1.29 is 19.1 Å². The number of carbonyl (C=O) groups excluding carboxylic acids is 2. The molecule has 4 nitrogen and oxygen atoms in total. The molecule has 15 heavy (non-hydrogen) atoms. The van der Waals surface area contributed by atoms with Gasteiger partial charge in [0.1, 0.15) is 11.2 Å². The molecule has 4 heteroatoms. The van der Waals surface area contributed by atoms with Crippen molar-refractivity contribution in [2.75, 3.05) is 0 Å². The number of esters is 2. The Labute approximate surface area is 90.9 Å². The van der Waals surface area contributed by atoms with Crippen LogP contribution < -0.4 is 0 Å². The van der Waals surface area contributed by atoms with Crippen molar-refractivity contribution in [1.82, 2.24) is 0 Å². The molecule has 88 valence electrons. The molecule has 0 atom stereocenters. The second kappa shape index (κ2) is 4.64. The fourth-order valence-electron chi connectivity index (χ4n) is 0.685. The normalized spacial score (nSPS) is 12.1. The first-order valence-electron chi connectivity index (χ1n) is 5.04. The maximum atomic E-state index is 11.3. The molecule has 0 N–H and O–H groups in total. The Hall–Kier alpha value is -1.06. The number of carbonyl (C=O) groups is 2. The highest BCUT2D eigenvalue weighted by Crippen LogP contribution is 2.15. The van der Waals surface area contributed by atoms with Crippen LogP contribution in [0.1, 0.15) is 48.0 Å². The molecular weight excluding hydrogens is 196 g/mol. The highest BCUT2D eigenvalue weighted by molar-refractivity contribution is 6.29. The highest BCUT2D eigenvalue weighted by atomic mass is 16.6. The molecule has 0 aliphatic rings. The smallest absolute Gasteiger partial charge is 0.418 e. The molecule has 0 heterocycles. The third-order valence-corrected chi connectivity index (χ3v) is 1.79. The molecule has 0 radical (unpaired) electrons. The zero-order valence-corrected chi connectivity index (χ0v) is 10.3. The summed E-state index contributed by atoms with van der Waals surface area (Å²) in [6.07, 6.45) is 0.640. The van der Waals surface area contributed by atoms with E-state index in [4.69, 9.17) is 9.47 Å². The fourth-order valence-corrected chi connectivity index (χ4v) is 0.685. The van der Waals surface area contributed by atoms with Crippen LogP contribution in [-0.2, 0) is 19.1 Å². The van der Waals surface area contributed by atoms with E-state index in [0.717, 1.165) is 0 Å². The first-order valence-corrected chi connectivity index (χ1v) is 5.04. The van der Waals surface area contributed by atoms with Gasteiger partial charge >= 0.3 is 11.9 Å². The van der Waals surface area contributed by atoms with Gasteiger partial charge in [0, 0.05) is 0 Å². The standard InChI is InChI=1S/C11H20O4/c1-7-11(5,6)15-9(13)8(12)14-10(2,3)4/h7H2,1-6H3. The summed E-state index contributed by atoms with van der Waals surface area (Å²) < 4.78 is 9.86. The summed E-state index contributed by atoms with van der Waals surface area (Å²) in [6.45, 7) is 10.5. The molecular formula is C11H20O4. The first-order chi connectivity index (χ1) is 6.57. The molecule has 0 bridgehead atoms. The van der Waals surface area contributed by atoms with Crippen molar-refractivity contribution in [3.63, 3.8) is 0 Å². The molecule has 0 saturated heterocycles. The Kier molecular flexibility index (Phi) is 4.31. The topological polar surface area (TPSA) is 52.6 Å². The highest BCUT2D eigenvalue weighted by Gasteiger charge is 2.29. The quantitative estimate of drug-likeness (QED) is 0.523. The van der Waals surface area contributed by atoms with Crippen molar-refractivity contribution in [3.05, 3.63) is 0 Å². The van der Waals surface area contributed by atoms with Gasteiger partial charge in [-0.25, -0.2) is 9.59 Å². The summed E-state index contributed by atoms with van der Waals surface area (Å²) in [7, 11) is 0. The van der Waals surface area contributed by atoms with Crippen LogP contribution in [-0.4, -0.2) is 23.1 Å². The van der Waals surface area contributed by atoms with Gasteiger partial charge < -0.3 is 9.47 Å². The molecule has 0 unspecified atom stereocenters. The van der Waals surface area contributed by atoms with E-state index in [2.05, 4.69) is 0 Å². The second-order valence-electron chi connectivity index (χ2n) is 5.00. The predicted molar refractivity (Wildman–Crippen MR) is 56.3 cm³/mol. The van der Waals surface area contributed by atoms with Gasteiger partial charge in [-0.15, -0.1) is 0 Å². The van der Waals surface area contributed by atoms with Gasteiger partial charge in [-0.2, -0.15) is 0 Å². The lowest BCUT2D eigenvalue weighted by Crippen LogP contribution is -2.35. The van der Waals surface area contributed by atoms with E-state index < -0.39 is 23.1 Å². The SMILES string of the molecule is CCC(C)(C)OC(=O)C(=O)OC(C)(C)C. The van der Waals surface area contributed by atoms with Crippen LogP contribution in [0, 0.1) is 0 Å². The van der Waals surface area contributed by atoms with Crippen LogP contribution in [0.4, 0.5) is 0 Å². The summed E-state index contributed by atoms with van der Waals surface area (Å²) in [5.41, 5.74) is -1.31. The zero-order chi connectivity index (χ0) is 12.3. The number of rotatable bonds is 2. The van der Waals surface area contributed by atoms with Crippen LogP contribution in [0.3, 0.4) is 0 Å². The molecule has 0 fully saturated rings. The maximum absolute atomic E-state index is 11.3. The Morgan fingerprint density at radius 1 is 0.933 bits per heavy atom. The lowest BCUT2D eigenvalue weighted by Gasteiger charge is -2.24. The molecule has 0 aromatic heterocycles. The minimum Gasteiger partial charge on any atom is -0.452 e. The minimum atomic E-state index is -0.941. The monoisotopic (exact) mass is 216 g/mol. The summed E-state index contributed by atoms with van der Waals surface area (Å²) in [6, 6.07) is 0. The Balaban J connectivity index is 4.30. The van der Waals surface area contributed by atoms with Crippen LogP contribution >= 0.6 is 0 Å². The van der Waals surface area contributed by atoms with E-state index in [1.54, 1.807) is 34.6 Å². The number of hydrogen-bond acceptors (Lipinski definition) is 4. The molecule has 0 aliphatic heterocycles. The van der Waals surface area contributed by atoms with E-state index in [9.17, 15) is 9.59 Å². The van der Waals surface area contributed by atoms with Crippen molar-refractivity contribution in [2.45, 2.75) is 59.2 Å². The van der Waals surface area contributed by atoms with Gasteiger partial charge in [-0.1, -0.05) is 6.92 Å². The van der Waals surface area contributed by atoms with Crippen molar-refractivity contribution >= 4 is 11.9 Å². The van der Waals surface area contributed by atoms with E-state index in [1.165, 1.54) is 0 Å². The molecule has 0 aromatic carbocycles. The van der Waals surface area contributed by atoms with Crippen LogP contribution in [0.25, 0.3) is 0 Å². The van der Waals surface area contributed by atoms with Gasteiger partial charge in [-0.3, -0.25) is 0 Å². The molecule has 0 saturated carbocycles. The van der Waals surface area contributed by atoms with E-state index in [-0.39, 0.29) is 0 Å². The second-order valence-corrected chi connectivity index (χ2v) is 5.00. The molecule has 0 rings (SSSR count). The Bertz CT molecular complexity index is 248. The number of hydrogen-bond donors (Lipinski definition) is 0. The van der Waals surface area contributed by atoms with E-state index in [1.807, 2.05) is 6.92 Å². The summed E-state index contributed by atoms with van der Waals surface area (Å²) in [5, 5.41) is 0. The summed E-state index contributed by atoms with van der Waals surface area (Å²) in [4.78, 5) is 22.6. The molecule has 0 amide bonds. The van der Waals surface area contributed by atoms with Crippen molar-refractivity contribution in [1.29, 1.82) is 0 Å². The van der Waals surface area contributed by atoms with Gasteiger partial charge in [0.2, 0.25) is 0 Å². The largest absolute Gasteiger partial charge is 0.452 e. The zero-order valence-electron chi connectivity index (χ0n) is 10.3. The first kappa shape index (κ1) is 13.9. The van der Waals surface area contributed by atoms with Crippen molar-refractivity contribution in [2.24, 2.45) is 0 Å². The average Bonchev–Trinajstić information content (AvgIpc) is 2.00. The lowest BCUT2D eigenvalue weighted by molar-refractivity contribution is -0.181. The average molecular weight is 216 g/mol.